The van der Waals surface area contributed by atoms with Crippen LogP contribution in [0.3, 0.4) is 0 Å². The fourth-order valence-electron chi connectivity index (χ4n) is 2.36. The van der Waals surface area contributed by atoms with Gasteiger partial charge in [-0.05, 0) is 32.9 Å². The van der Waals surface area contributed by atoms with E-state index in [0.29, 0.717) is 37.1 Å². The highest BCUT2D eigenvalue weighted by molar-refractivity contribution is 5.94. The summed E-state index contributed by atoms with van der Waals surface area (Å²) in [6.45, 7) is 6.43. The van der Waals surface area contributed by atoms with E-state index >= 15 is 0 Å². The zero-order valence-electron chi connectivity index (χ0n) is 15.2. The Morgan fingerprint density at radius 1 is 1.23 bits per heavy atom. The van der Waals surface area contributed by atoms with E-state index in [1.54, 1.807) is 38.0 Å². The Bertz CT molecular complexity index is 730. The maximum absolute atomic E-state index is 12.3. The van der Waals surface area contributed by atoms with Crippen LogP contribution in [-0.4, -0.2) is 41.7 Å². The largest absolute Gasteiger partial charge is 0.467 e. The van der Waals surface area contributed by atoms with Crippen molar-refractivity contribution in [1.82, 2.24) is 9.97 Å². The van der Waals surface area contributed by atoms with E-state index in [1.165, 1.54) is 6.20 Å². The number of carbonyl (C=O) groups excluding carboxylic acids is 2. The number of nitrogens with zero attached hydrogens (tertiary/aromatic N) is 3. The molecule has 0 aliphatic heterocycles. The number of hydrogen-bond donors (Lipinski definition) is 0. The number of furan rings is 1. The van der Waals surface area contributed by atoms with Crippen molar-refractivity contribution in [2.24, 2.45) is 0 Å². The molecular formula is C18H23N3O5. The number of esters is 2. The summed E-state index contributed by atoms with van der Waals surface area (Å²) >= 11 is 0. The second-order valence-electron chi connectivity index (χ2n) is 5.43. The summed E-state index contributed by atoms with van der Waals surface area (Å²) in [5.41, 5.74) is 0.243. The van der Waals surface area contributed by atoms with Gasteiger partial charge in [0.15, 0.2) is 0 Å². The average molecular weight is 361 g/mol. The average Bonchev–Trinajstić information content (AvgIpc) is 3.12. The Morgan fingerprint density at radius 2 is 2.00 bits per heavy atom. The van der Waals surface area contributed by atoms with Gasteiger partial charge in [0, 0.05) is 12.7 Å². The van der Waals surface area contributed by atoms with Crippen LogP contribution in [0.2, 0.25) is 0 Å². The fraction of sp³-hybridized carbons (Fsp3) is 0.444. The molecule has 8 nitrogen and oxygen atoms in total. The molecule has 140 valence electrons. The van der Waals surface area contributed by atoms with Gasteiger partial charge >= 0.3 is 11.9 Å². The van der Waals surface area contributed by atoms with E-state index in [0.717, 1.165) is 0 Å². The van der Waals surface area contributed by atoms with Crippen LogP contribution in [0, 0.1) is 6.92 Å². The lowest BCUT2D eigenvalue weighted by Crippen LogP contribution is -2.29. The Morgan fingerprint density at radius 3 is 2.65 bits per heavy atom. The highest BCUT2D eigenvalue weighted by atomic mass is 16.5. The predicted molar refractivity (Wildman–Crippen MR) is 93.7 cm³/mol. The number of hydrogen-bond acceptors (Lipinski definition) is 8. The molecule has 2 heterocycles. The molecule has 0 aliphatic rings. The summed E-state index contributed by atoms with van der Waals surface area (Å²) in [5.74, 6) is 0.758. The smallest absolute Gasteiger partial charge is 0.343 e. The second-order valence-corrected chi connectivity index (χ2v) is 5.43. The van der Waals surface area contributed by atoms with Crippen molar-refractivity contribution in [2.45, 2.75) is 33.7 Å². The minimum Gasteiger partial charge on any atom is -0.467 e. The molecule has 0 spiro atoms. The lowest BCUT2D eigenvalue weighted by molar-refractivity contribution is -0.142. The minimum atomic E-state index is -0.511. The van der Waals surface area contributed by atoms with Crippen LogP contribution in [-0.2, 0) is 20.8 Å². The van der Waals surface area contributed by atoms with E-state index in [1.807, 2.05) is 6.07 Å². The summed E-state index contributed by atoms with van der Waals surface area (Å²) < 4.78 is 15.5. The van der Waals surface area contributed by atoms with Crippen molar-refractivity contribution in [2.75, 3.05) is 24.7 Å². The minimum absolute atomic E-state index is 0.153. The van der Waals surface area contributed by atoms with Gasteiger partial charge < -0.3 is 18.8 Å². The zero-order chi connectivity index (χ0) is 18.9. The molecule has 0 bridgehead atoms. The maximum Gasteiger partial charge on any atom is 0.343 e. The topological polar surface area (TPSA) is 94.8 Å². The van der Waals surface area contributed by atoms with Crippen LogP contribution in [0.4, 0.5) is 5.82 Å². The molecular weight excluding hydrogens is 338 g/mol. The standard InChI is InChI=1S/C18H23N3O5/c1-4-24-16(22)8-9-21(12-14-7-6-10-26-14)17-15(18(23)25-5-2)11-19-13(3)20-17/h6-7,10-11H,4-5,8-9,12H2,1-3H3. The highest BCUT2D eigenvalue weighted by Crippen LogP contribution is 2.21. The van der Waals surface area contributed by atoms with Gasteiger partial charge in [-0.1, -0.05) is 0 Å². The van der Waals surface area contributed by atoms with Crippen LogP contribution in [0.5, 0.6) is 0 Å². The molecule has 0 radical (unpaired) electrons. The number of rotatable bonds is 9. The lowest BCUT2D eigenvalue weighted by atomic mass is 10.2. The molecule has 0 saturated heterocycles. The van der Waals surface area contributed by atoms with Crippen molar-refractivity contribution in [1.29, 1.82) is 0 Å². The Labute approximate surface area is 152 Å². The van der Waals surface area contributed by atoms with Crippen LogP contribution in [0.15, 0.2) is 29.0 Å². The lowest BCUT2D eigenvalue weighted by Gasteiger charge is -2.24. The molecule has 2 aromatic rings. The predicted octanol–water partition coefficient (Wildman–Crippen LogP) is 2.51. The molecule has 2 rings (SSSR count). The molecule has 2 aromatic heterocycles. The molecule has 0 N–H and O–H groups in total. The summed E-state index contributed by atoms with van der Waals surface area (Å²) in [6, 6.07) is 3.59. The van der Waals surface area contributed by atoms with Gasteiger partial charge in [-0.15, -0.1) is 0 Å². The van der Waals surface area contributed by atoms with E-state index in [4.69, 9.17) is 13.9 Å². The van der Waals surface area contributed by atoms with E-state index < -0.39 is 5.97 Å². The quantitative estimate of drug-likeness (QED) is 0.629. The highest BCUT2D eigenvalue weighted by Gasteiger charge is 2.22. The van der Waals surface area contributed by atoms with Gasteiger partial charge in [0.2, 0.25) is 0 Å². The van der Waals surface area contributed by atoms with Gasteiger partial charge in [0.05, 0.1) is 32.4 Å². The number of ether oxygens (including phenoxy) is 2. The van der Waals surface area contributed by atoms with Gasteiger partial charge in [-0.25, -0.2) is 14.8 Å². The summed E-state index contributed by atoms with van der Waals surface area (Å²) in [5, 5.41) is 0. The molecule has 0 saturated carbocycles. The third kappa shape index (κ3) is 5.30. The summed E-state index contributed by atoms with van der Waals surface area (Å²) in [4.78, 5) is 34.3. The molecule has 8 heteroatoms. The van der Waals surface area contributed by atoms with Crippen molar-refractivity contribution in [3.63, 3.8) is 0 Å². The van der Waals surface area contributed by atoms with Gasteiger partial charge in [0.1, 0.15) is 23.0 Å². The van der Waals surface area contributed by atoms with Gasteiger partial charge in [0.25, 0.3) is 0 Å². The monoisotopic (exact) mass is 361 g/mol. The number of carbonyl (C=O) groups is 2. The third-order valence-electron chi connectivity index (χ3n) is 3.50. The Kier molecular flexibility index (Phi) is 7.13. The summed E-state index contributed by atoms with van der Waals surface area (Å²) in [6.07, 6.45) is 3.16. The number of aryl methyl sites for hydroxylation is 1. The zero-order valence-corrected chi connectivity index (χ0v) is 15.2. The molecule has 0 aromatic carbocycles. The number of anilines is 1. The van der Waals surface area contributed by atoms with Crippen molar-refractivity contribution >= 4 is 17.8 Å². The van der Waals surface area contributed by atoms with E-state index in [9.17, 15) is 9.59 Å². The maximum atomic E-state index is 12.3. The van der Waals surface area contributed by atoms with E-state index in [-0.39, 0.29) is 24.6 Å². The van der Waals surface area contributed by atoms with Crippen LogP contribution >= 0.6 is 0 Å². The van der Waals surface area contributed by atoms with E-state index in [2.05, 4.69) is 9.97 Å². The van der Waals surface area contributed by atoms with Crippen LogP contribution < -0.4 is 4.90 Å². The first-order valence-electron chi connectivity index (χ1n) is 8.48. The Balaban J connectivity index is 2.32. The van der Waals surface area contributed by atoms with Gasteiger partial charge in [-0.2, -0.15) is 0 Å². The van der Waals surface area contributed by atoms with Crippen molar-refractivity contribution in [3.8, 4) is 0 Å². The van der Waals surface area contributed by atoms with Crippen LogP contribution in [0.25, 0.3) is 0 Å². The fourth-order valence-corrected chi connectivity index (χ4v) is 2.36. The van der Waals surface area contributed by atoms with Crippen LogP contribution in [0.1, 0.15) is 42.2 Å². The summed E-state index contributed by atoms with van der Waals surface area (Å²) in [7, 11) is 0. The molecule has 0 fully saturated rings. The molecule has 0 aliphatic carbocycles. The molecule has 0 atom stereocenters. The molecule has 0 amide bonds. The first-order chi connectivity index (χ1) is 12.5. The first-order valence-corrected chi connectivity index (χ1v) is 8.48. The second kappa shape index (κ2) is 9.55. The number of aromatic nitrogens is 2. The molecule has 0 unspecified atom stereocenters. The SMILES string of the molecule is CCOC(=O)CCN(Cc1ccco1)c1nc(C)ncc1C(=O)OCC. The van der Waals surface area contributed by atoms with Crippen molar-refractivity contribution < 1.29 is 23.5 Å². The van der Waals surface area contributed by atoms with Crippen molar-refractivity contribution in [3.05, 3.63) is 41.7 Å². The Hall–Kier alpha value is -2.90. The molecule has 26 heavy (non-hydrogen) atoms. The first kappa shape index (κ1) is 19.4. The normalized spacial score (nSPS) is 10.4. The van der Waals surface area contributed by atoms with Gasteiger partial charge in [-0.3, -0.25) is 4.79 Å². The third-order valence-corrected chi connectivity index (χ3v) is 3.50.